The number of carbonyl (C=O) groups is 2. The number of halogens is 6. The molecule has 1 saturated heterocycles. The molecular weight excluding hydrogens is 522 g/mol. The average Bonchev–Trinajstić information content (AvgIpc) is 3.20. The molecule has 204 valence electrons. The number of hydrogen-bond acceptors (Lipinski definition) is 4. The van der Waals surface area contributed by atoms with E-state index in [9.17, 15) is 35.9 Å². The first-order valence-electron chi connectivity index (χ1n) is 11.5. The Morgan fingerprint density at radius 2 is 1.59 bits per heavy atom. The smallest absolute Gasteiger partial charge is 0.416 e. The fourth-order valence-electron chi connectivity index (χ4n) is 4.35. The molecule has 37 heavy (non-hydrogen) atoms. The fraction of sp³-hybridized carbons (Fsp3) is 0.520. The van der Waals surface area contributed by atoms with Gasteiger partial charge in [0.15, 0.2) is 0 Å². The first-order chi connectivity index (χ1) is 16.9. The standard InChI is InChI=1S/C25H28F6N2O3S/c1-14-7-9-37-20(14)18-13-33(22(35)36-23(2,3)4)8-6-19(18)32(5)21(34)15-10-16(24(26,27)28)12-17(11-15)25(29,30)31/h7,9-12,18-19H,6,8,13H2,1-5H3/t18-,19-/m1/s1. The van der Waals surface area contributed by atoms with Crippen LogP contribution in [0.2, 0.25) is 0 Å². The minimum atomic E-state index is -5.07. The summed E-state index contributed by atoms with van der Waals surface area (Å²) in [5.74, 6) is -1.38. The molecule has 0 aliphatic carbocycles. The minimum Gasteiger partial charge on any atom is -0.444 e. The number of benzene rings is 1. The van der Waals surface area contributed by atoms with Crippen molar-refractivity contribution in [1.82, 2.24) is 9.80 Å². The van der Waals surface area contributed by atoms with Gasteiger partial charge in [0.1, 0.15) is 5.60 Å². The van der Waals surface area contributed by atoms with Crippen molar-refractivity contribution < 1.29 is 40.7 Å². The van der Waals surface area contributed by atoms with Crippen molar-refractivity contribution in [2.75, 3.05) is 20.1 Å². The Bertz CT molecular complexity index is 1120. The predicted octanol–water partition coefficient (Wildman–Crippen LogP) is 6.96. The molecule has 1 aliphatic heterocycles. The summed E-state index contributed by atoms with van der Waals surface area (Å²) in [6, 6.07) is 2.17. The predicted molar refractivity (Wildman–Crippen MR) is 127 cm³/mol. The van der Waals surface area contributed by atoms with E-state index in [1.165, 1.54) is 28.2 Å². The van der Waals surface area contributed by atoms with Crippen LogP contribution in [0.3, 0.4) is 0 Å². The normalized spacial score (nSPS) is 19.1. The first kappa shape index (κ1) is 28.8. The first-order valence-corrected chi connectivity index (χ1v) is 12.3. The van der Waals surface area contributed by atoms with Crippen LogP contribution in [0.4, 0.5) is 31.1 Å². The number of likely N-dealkylation sites (N-methyl/N-ethyl adjacent to an activating group) is 1. The highest BCUT2D eigenvalue weighted by Gasteiger charge is 2.41. The van der Waals surface area contributed by atoms with Gasteiger partial charge in [0, 0.05) is 42.5 Å². The van der Waals surface area contributed by atoms with Gasteiger partial charge in [-0.3, -0.25) is 4.79 Å². The van der Waals surface area contributed by atoms with E-state index in [4.69, 9.17) is 4.74 Å². The second-order valence-electron chi connectivity index (χ2n) is 10.1. The molecule has 1 aromatic heterocycles. The molecule has 5 nitrogen and oxygen atoms in total. The van der Waals surface area contributed by atoms with E-state index >= 15 is 0 Å². The lowest BCUT2D eigenvalue weighted by molar-refractivity contribution is -0.143. The van der Waals surface area contributed by atoms with Gasteiger partial charge < -0.3 is 14.5 Å². The van der Waals surface area contributed by atoms with Crippen LogP contribution < -0.4 is 0 Å². The van der Waals surface area contributed by atoms with Crippen molar-refractivity contribution >= 4 is 23.3 Å². The second kappa shape index (κ2) is 10.2. The molecule has 2 amide bonds. The van der Waals surface area contributed by atoms with Gasteiger partial charge in [-0.15, -0.1) is 11.3 Å². The van der Waals surface area contributed by atoms with E-state index in [-0.39, 0.29) is 25.6 Å². The Morgan fingerprint density at radius 1 is 1.03 bits per heavy atom. The van der Waals surface area contributed by atoms with Crippen molar-refractivity contribution in [2.45, 2.75) is 64.0 Å². The third-order valence-electron chi connectivity index (χ3n) is 6.12. The van der Waals surface area contributed by atoms with Gasteiger partial charge in [-0.25, -0.2) is 4.79 Å². The van der Waals surface area contributed by atoms with Gasteiger partial charge in [0.05, 0.1) is 11.1 Å². The Balaban J connectivity index is 1.96. The van der Waals surface area contributed by atoms with Crippen molar-refractivity contribution in [1.29, 1.82) is 0 Å². The van der Waals surface area contributed by atoms with E-state index in [0.29, 0.717) is 12.1 Å². The van der Waals surface area contributed by atoms with Crippen LogP contribution in [0.25, 0.3) is 0 Å². The summed E-state index contributed by atoms with van der Waals surface area (Å²) < 4.78 is 85.5. The number of thiophene rings is 1. The van der Waals surface area contributed by atoms with Gasteiger partial charge in [-0.1, -0.05) is 0 Å². The minimum absolute atomic E-state index is 0.00604. The molecule has 2 aromatic rings. The van der Waals surface area contributed by atoms with Crippen LogP contribution in [0.15, 0.2) is 29.6 Å². The molecule has 0 spiro atoms. The molecular formula is C25H28F6N2O3S. The van der Waals surface area contributed by atoms with Crippen molar-refractivity contribution in [3.05, 3.63) is 56.8 Å². The lowest BCUT2D eigenvalue weighted by Crippen LogP contribution is -2.52. The molecule has 3 rings (SSSR count). The highest BCUT2D eigenvalue weighted by molar-refractivity contribution is 7.10. The molecule has 2 heterocycles. The maximum absolute atomic E-state index is 13.3. The van der Waals surface area contributed by atoms with Crippen LogP contribution in [0.1, 0.15) is 65.0 Å². The second-order valence-corrected chi connectivity index (χ2v) is 11.0. The Labute approximate surface area is 215 Å². The Hall–Kier alpha value is -2.76. The number of ether oxygens (including phenoxy) is 1. The molecule has 1 aromatic carbocycles. The highest BCUT2D eigenvalue weighted by Crippen LogP contribution is 2.39. The lowest BCUT2D eigenvalue weighted by Gasteiger charge is -2.42. The lowest BCUT2D eigenvalue weighted by atomic mass is 9.88. The number of rotatable bonds is 3. The molecule has 12 heteroatoms. The third-order valence-corrected chi connectivity index (χ3v) is 7.27. The summed E-state index contributed by atoms with van der Waals surface area (Å²) in [5, 5.41) is 1.85. The zero-order chi connectivity index (χ0) is 27.9. The Kier molecular flexibility index (Phi) is 7.93. The monoisotopic (exact) mass is 550 g/mol. The largest absolute Gasteiger partial charge is 0.444 e. The summed E-state index contributed by atoms with van der Waals surface area (Å²) in [6.07, 6.45) is -10.4. The quantitative estimate of drug-likeness (QED) is 0.389. The number of carbonyl (C=O) groups excluding carboxylic acids is 2. The number of amides is 2. The highest BCUT2D eigenvalue weighted by atomic mass is 32.1. The maximum Gasteiger partial charge on any atom is 0.416 e. The molecule has 0 unspecified atom stereocenters. The van der Waals surface area contributed by atoms with Gasteiger partial charge in [0.25, 0.3) is 5.91 Å². The molecule has 1 fully saturated rings. The summed E-state index contributed by atoms with van der Waals surface area (Å²) in [4.78, 5) is 29.6. The summed E-state index contributed by atoms with van der Waals surface area (Å²) in [6.45, 7) is 7.43. The average molecular weight is 551 g/mol. The van der Waals surface area contributed by atoms with E-state index < -0.39 is 58.6 Å². The molecule has 2 atom stereocenters. The number of piperidine rings is 1. The third kappa shape index (κ3) is 6.77. The van der Waals surface area contributed by atoms with Crippen molar-refractivity contribution in [3.8, 4) is 0 Å². The van der Waals surface area contributed by atoms with Gasteiger partial charge in [0.2, 0.25) is 0 Å². The van der Waals surface area contributed by atoms with Crippen LogP contribution in [0, 0.1) is 6.92 Å². The van der Waals surface area contributed by atoms with Gasteiger partial charge in [-0.05, 0) is 69.3 Å². The number of hydrogen-bond donors (Lipinski definition) is 0. The van der Waals surface area contributed by atoms with Crippen molar-refractivity contribution in [3.63, 3.8) is 0 Å². The molecule has 0 bridgehead atoms. The molecule has 0 saturated carbocycles. The van der Waals surface area contributed by atoms with Crippen LogP contribution in [0.5, 0.6) is 0 Å². The van der Waals surface area contributed by atoms with Crippen molar-refractivity contribution in [2.24, 2.45) is 0 Å². The zero-order valence-electron chi connectivity index (χ0n) is 21.0. The van der Waals surface area contributed by atoms with Crippen LogP contribution in [-0.4, -0.2) is 53.6 Å². The zero-order valence-corrected chi connectivity index (χ0v) is 21.8. The van der Waals surface area contributed by atoms with Crippen LogP contribution in [-0.2, 0) is 17.1 Å². The SMILES string of the molecule is Cc1ccsc1[C@@H]1CN(C(=O)OC(C)(C)C)CC[C@H]1N(C)C(=O)c1cc(C(F)(F)F)cc(C(F)(F)F)c1. The maximum atomic E-state index is 13.3. The topological polar surface area (TPSA) is 49.9 Å². The van der Waals surface area contributed by atoms with Crippen LogP contribution >= 0.6 is 11.3 Å². The fourth-order valence-corrected chi connectivity index (χ4v) is 5.43. The Morgan fingerprint density at radius 3 is 2.05 bits per heavy atom. The summed E-state index contributed by atoms with van der Waals surface area (Å²) in [5.41, 5.74) is -3.63. The number of nitrogens with zero attached hydrogens (tertiary/aromatic N) is 2. The van der Waals surface area contributed by atoms with E-state index in [2.05, 4.69) is 0 Å². The molecule has 0 radical (unpaired) electrons. The molecule has 0 N–H and O–H groups in total. The van der Waals surface area contributed by atoms with E-state index in [1.54, 1.807) is 20.8 Å². The summed E-state index contributed by atoms with van der Waals surface area (Å²) >= 11 is 1.41. The van der Waals surface area contributed by atoms with Gasteiger partial charge >= 0.3 is 18.4 Å². The summed E-state index contributed by atoms with van der Waals surface area (Å²) in [7, 11) is 1.36. The number of alkyl halides is 6. The molecule has 1 aliphatic rings. The van der Waals surface area contributed by atoms with E-state index in [1.807, 2.05) is 18.4 Å². The number of likely N-dealkylation sites (tertiary alicyclic amines) is 1. The van der Waals surface area contributed by atoms with E-state index in [0.717, 1.165) is 10.4 Å². The number of aryl methyl sites for hydroxylation is 1. The van der Waals surface area contributed by atoms with Gasteiger partial charge in [-0.2, -0.15) is 26.3 Å².